The van der Waals surface area contributed by atoms with Crippen LogP contribution in [0.4, 0.5) is 5.69 Å². The van der Waals surface area contributed by atoms with Crippen molar-refractivity contribution in [1.29, 1.82) is 0 Å². The number of nitrogens with zero attached hydrogens (tertiary/aromatic N) is 2. The number of sulfone groups is 1. The van der Waals surface area contributed by atoms with Crippen LogP contribution in [0.5, 0.6) is 0 Å². The molecule has 0 saturated carbocycles. The molecule has 2 aliphatic heterocycles. The van der Waals surface area contributed by atoms with E-state index in [-0.39, 0.29) is 23.6 Å². The fourth-order valence-electron chi connectivity index (χ4n) is 3.77. The predicted molar refractivity (Wildman–Crippen MR) is 91.6 cm³/mol. The minimum absolute atomic E-state index is 0.00413. The Bertz CT molecular complexity index is 729. The van der Waals surface area contributed by atoms with Gasteiger partial charge in [0.2, 0.25) is 5.91 Å². The molecule has 0 unspecified atom stereocenters. The number of fused-ring (bicyclic) bond motifs is 3. The minimum atomic E-state index is -3.32. The first-order valence-corrected chi connectivity index (χ1v) is 9.96. The van der Waals surface area contributed by atoms with Gasteiger partial charge in [0.1, 0.15) is 5.75 Å². The number of aryl methyl sites for hydroxylation is 1. The molecule has 23 heavy (non-hydrogen) atoms. The normalized spacial score (nSPS) is 24.4. The van der Waals surface area contributed by atoms with E-state index in [9.17, 15) is 13.2 Å². The summed E-state index contributed by atoms with van der Waals surface area (Å²) in [5, 5.41) is 0. The molecular formula is C17H24N2O3S. The second-order valence-electron chi connectivity index (χ2n) is 6.73. The Morgan fingerprint density at radius 2 is 2.09 bits per heavy atom. The van der Waals surface area contributed by atoms with Crippen LogP contribution in [0.3, 0.4) is 0 Å². The van der Waals surface area contributed by atoms with Crippen molar-refractivity contribution in [3.63, 3.8) is 0 Å². The third kappa shape index (κ3) is 3.02. The first kappa shape index (κ1) is 16.5. The van der Waals surface area contributed by atoms with Crippen molar-refractivity contribution in [2.45, 2.75) is 32.2 Å². The highest BCUT2D eigenvalue weighted by molar-refractivity contribution is 7.92. The Hall–Kier alpha value is -1.40. The van der Waals surface area contributed by atoms with Crippen molar-refractivity contribution < 1.29 is 13.2 Å². The summed E-state index contributed by atoms with van der Waals surface area (Å²) >= 11 is 0. The average Bonchev–Trinajstić information content (AvgIpc) is 2.80. The molecule has 1 aromatic rings. The van der Waals surface area contributed by atoms with Crippen molar-refractivity contribution in [3.05, 3.63) is 29.3 Å². The summed E-state index contributed by atoms with van der Waals surface area (Å²) in [7, 11) is -1.22. The van der Waals surface area contributed by atoms with Gasteiger partial charge in [0, 0.05) is 29.9 Å². The topological polar surface area (TPSA) is 57.7 Å². The molecule has 1 saturated heterocycles. The summed E-state index contributed by atoms with van der Waals surface area (Å²) in [4.78, 5) is 16.8. The standard InChI is InChI=1S/C17H24N2O3S/c1-4-23(21,22)11-17(20)19-15-6-5-12(2)9-13(15)14-10-18(3)8-7-16(14)19/h5-6,9,14,16H,4,7-8,10-11H2,1-3H3/t14-,16-/m1/s1. The van der Waals surface area contributed by atoms with Gasteiger partial charge < -0.3 is 9.80 Å². The second-order valence-corrected chi connectivity index (χ2v) is 9.08. The molecule has 2 heterocycles. The zero-order chi connectivity index (χ0) is 16.8. The Labute approximate surface area is 138 Å². The fraction of sp³-hybridized carbons (Fsp3) is 0.588. The number of benzene rings is 1. The van der Waals surface area contributed by atoms with Gasteiger partial charge >= 0.3 is 0 Å². The van der Waals surface area contributed by atoms with Gasteiger partial charge in [-0.05, 0) is 38.6 Å². The summed E-state index contributed by atoms with van der Waals surface area (Å²) in [6.45, 7) is 5.47. The average molecular weight is 336 g/mol. The molecular weight excluding hydrogens is 312 g/mol. The summed E-state index contributed by atoms with van der Waals surface area (Å²) in [5.41, 5.74) is 3.26. The Morgan fingerprint density at radius 1 is 1.35 bits per heavy atom. The highest BCUT2D eigenvalue weighted by atomic mass is 32.2. The van der Waals surface area contributed by atoms with Crippen LogP contribution in [0.25, 0.3) is 0 Å². The highest BCUT2D eigenvalue weighted by Gasteiger charge is 2.44. The van der Waals surface area contributed by atoms with Crippen LogP contribution in [0.2, 0.25) is 0 Å². The number of hydrogen-bond donors (Lipinski definition) is 0. The number of piperidine rings is 1. The lowest BCUT2D eigenvalue weighted by Crippen LogP contribution is -2.48. The maximum absolute atomic E-state index is 12.7. The van der Waals surface area contributed by atoms with Gasteiger partial charge in [-0.3, -0.25) is 4.79 Å². The Kier molecular flexibility index (Phi) is 4.23. The molecule has 0 spiro atoms. The second kappa shape index (κ2) is 5.91. The van der Waals surface area contributed by atoms with Crippen LogP contribution in [0, 0.1) is 6.92 Å². The zero-order valence-corrected chi connectivity index (χ0v) is 14.8. The van der Waals surface area contributed by atoms with E-state index in [0.29, 0.717) is 0 Å². The highest BCUT2D eigenvalue weighted by Crippen LogP contribution is 2.44. The number of likely N-dealkylation sites (tertiary alicyclic amines) is 1. The smallest absolute Gasteiger partial charge is 0.242 e. The molecule has 2 aliphatic rings. The number of amides is 1. The summed E-state index contributed by atoms with van der Waals surface area (Å²) in [5.74, 6) is -0.397. The summed E-state index contributed by atoms with van der Waals surface area (Å²) in [6.07, 6.45) is 0.882. The van der Waals surface area contributed by atoms with Gasteiger partial charge in [-0.1, -0.05) is 24.6 Å². The van der Waals surface area contributed by atoms with Gasteiger partial charge in [-0.25, -0.2) is 8.42 Å². The van der Waals surface area contributed by atoms with Crippen LogP contribution in [-0.2, 0) is 14.6 Å². The number of likely N-dealkylation sites (N-methyl/N-ethyl adjacent to an activating group) is 1. The quantitative estimate of drug-likeness (QED) is 0.841. The Morgan fingerprint density at radius 3 is 2.78 bits per heavy atom. The van der Waals surface area contributed by atoms with Crippen LogP contribution < -0.4 is 4.90 Å². The molecule has 126 valence electrons. The molecule has 1 aromatic carbocycles. The van der Waals surface area contributed by atoms with E-state index >= 15 is 0 Å². The van der Waals surface area contributed by atoms with Crippen LogP contribution in [0.1, 0.15) is 30.4 Å². The number of carbonyl (C=O) groups is 1. The third-order valence-corrected chi connectivity index (χ3v) is 6.57. The molecule has 0 aromatic heterocycles. The minimum Gasteiger partial charge on any atom is -0.307 e. The number of hydrogen-bond acceptors (Lipinski definition) is 4. The number of anilines is 1. The van der Waals surface area contributed by atoms with E-state index in [2.05, 4.69) is 18.0 Å². The van der Waals surface area contributed by atoms with E-state index in [1.165, 1.54) is 11.1 Å². The van der Waals surface area contributed by atoms with Crippen molar-refractivity contribution in [2.75, 3.05) is 36.5 Å². The van der Waals surface area contributed by atoms with Crippen LogP contribution in [-0.4, -0.2) is 56.9 Å². The maximum atomic E-state index is 12.7. The van der Waals surface area contributed by atoms with E-state index in [0.717, 1.165) is 25.2 Å². The molecule has 1 fully saturated rings. The molecule has 2 atom stereocenters. The number of carbonyl (C=O) groups excluding carboxylic acids is 1. The molecule has 6 heteroatoms. The molecule has 0 bridgehead atoms. The summed E-state index contributed by atoms with van der Waals surface area (Å²) < 4.78 is 23.8. The fourth-order valence-corrected chi connectivity index (χ4v) is 4.48. The SMILES string of the molecule is CCS(=O)(=O)CC(=O)N1c2ccc(C)cc2[C@H]2CN(C)CC[C@H]21. The van der Waals surface area contributed by atoms with Gasteiger partial charge in [0.25, 0.3) is 0 Å². The lowest BCUT2D eigenvalue weighted by molar-refractivity contribution is -0.116. The first-order valence-electron chi connectivity index (χ1n) is 8.14. The van der Waals surface area contributed by atoms with Crippen LogP contribution in [0.15, 0.2) is 18.2 Å². The summed E-state index contributed by atoms with van der Waals surface area (Å²) in [6, 6.07) is 6.20. The van der Waals surface area contributed by atoms with E-state index in [1.54, 1.807) is 11.8 Å². The molecule has 0 radical (unpaired) electrons. The van der Waals surface area contributed by atoms with Gasteiger partial charge in [0.05, 0.1) is 0 Å². The van der Waals surface area contributed by atoms with Crippen molar-refractivity contribution in [1.82, 2.24) is 4.90 Å². The third-order valence-electron chi connectivity index (χ3n) is 5.01. The van der Waals surface area contributed by atoms with E-state index in [4.69, 9.17) is 0 Å². The monoisotopic (exact) mass is 336 g/mol. The van der Waals surface area contributed by atoms with Crippen LogP contribution >= 0.6 is 0 Å². The maximum Gasteiger partial charge on any atom is 0.242 e. The molecule has 0 N–H and O–H groups in total. The van der Waals surface area contributed by atoms with Gasteiger partial charge in [0.15, 0.2) is 9.84 Å². The van der Waals surface area contributed by atoms with Gasteiger partial charge in [-0.15, -0.1) is 0 Å². The Balaban J connectivity index is 1.99. The lowest BCUT2D eigenvalue weighted by atomic mass is 9.89. The molecule has 1 amide bonds. The molecule has 3 rings (SSSR count). The van der Waals surface area contributed by atoms with Crippen molar-refractivity contribution in [2.24, 2.45) is 0 Å². The van der Waals surface area contributed by atoms with Gasteiger partial charge in [-0.2, -0.15) is 0 Å². The van der Waals surface area contributed by atoms with Crippen molar-refractivity contribution in [3.8, 4) is 0 Å². The van der Waals surface area contributed by atoms with E-state index in [1.807, 2.05) is 19.1 Å². The number of rotatable bonds is 3. The van der Waals surface area contributed by atoms with Crippen molar-refractivity contribution >= 4 is 21.4 Å². The largest absolute Gasteiger partial charge is 0.307 e. The first-order chi connectivity index (χ1) is 10.8. The molecule has 5 nitrogen and oxygen atoms in total. The molecule has 0 aliphatic carbocycles. The zero-order valence-electron chi connectivity index (χ0n) is 13.9. The lowest BCUT2D eigenvalue weighted by Gasteiger charge is -2.36. The van der Waals surface area contributed by atoms with E-state index < -0.39 is 15.6 Å². The predicted octanol–water partition coefficient (Wildman–Crippen LogP) is 1.56.